The summed E-state index contributed by atoms with van der Waals surface area (Å²) in [7, 11) is 0. The summed E-state index contributed by atoms with van der Waals surface area (Å²) >= 11 is 0. The van der Waals surface area contributed by atoms with Gasteiger partial charge in [-0.25, -0.2) is 4.39 Å². The van der Waals surface area contributed by atoms with Gasteiger partial charge in [0.2, 0.25) is 5.91 Å². The predicted molar refractivity (Wildman–Crippen MR) is 61.9 cm³/mol. The maximum absolute atomic E-state index is 13.4. The minimum absolute atomic E-state index is 0.309. The molecular weight excluding hydrogens is 261 g/mol. The zero-order valence-electron chi connectivity index (χ0n) is 9.50. The van der Waals surface area contributed by atoms with E-state index in [0.717, 1.165) is 12.1 Å². The number of benzene rings is 1. The fraction of sp³-hybridized carbons (Fsp3) is 0.200. The minimum Gasteiger partial charge on any atom is -0.481 e. The van der Waals surface area contributed by atoms with E-state index in [4.69, 9.17) is 10.8 Å². The van der Waals surface area contributed by atoms with Crippen molar-refractivity contribution in [1.82, 2.24) is 0 Å². The monoisotopic (exact) mass is 271 g/mol. The highest BCUT2D eigenvalue weighted by Gasteiger charge is 2.19. The van der Waals surface area contributed by atoms with E-state index in [-0.39, 0.29) is 5.69 Å². The average Bonchev–Trinajstić information content (AvgIpc) is 2.30. The first kappa shape index (κ1) is 14.5. The number of amides is 1. The zero-order valence-corrected chi connectivity index (χ0v) is 9.50. The van der Waals surface area contributed by atoms with Crippen LogP contribution in [0, 0.1) is 15.9 Å². The Morgan fingerprint density at radius 3 is 2.63 bits per heavy atom. The van der Waals surface area contributed by atoms with E-state index in [1.165, 1.54) is 0 Å². The number of nitrogens with one attached hydrogen (secondary N) is 1. The first-order valence-electron chi connectivity index (χ1n) is 5.03. The van der Waals surface area contributed by atoms with E-state index >= 15 is 0 Å². The number of carbonyl (C=O) groups is 2. The number of nitrogens with two attached hydrogens (primary N) is 1. The zero-order chi connectivity index (χ0) is 14.6. The minimum atomic E-state index is -1.34. The highest BCUT2D eigenvalue weighted by atomic mass is 19.1. The molecule has 0 aliphatic carbocycles. The number of nitro benzene ring substituents is 1. The second kappa shape index (κ2) is 5.87. The van der Waals surface area contributed by atoms with Gasteiger partial charge >= 0.3 is 5.97 Å². The number of carboxylic acids is 1. The third-order valence-corrected chi connectivity index (χ3v) is 2.15. The molecule has 0 aliphatic heterocycles. The van der Waals surface area contributed by atoms with E-state index in [0.29, 0.717) is 6.07 Å². The number of non-ortho nitro benzene ring substituents is 1. The lowest BCUT2D eigenvalue weighted by Crippen LogP contribution is -2.37. The molecule has 1 aromatic carbocycles. The van der Waals surface area contributed by atoms with Crippen molar-refractivity contribution in [1.29, 1.82) is 0 Å². The molecule has 1 amide bonds. The number of halogens is 1. The summed E-state index contributed by atoms with van der Waals surface area (Å²) in [6, 6.07) is 1.30. The lowest BCUT2D eigenvalue weighted by atomic mass is 10.2. The SMILES string of the molecule is NC(CC(=O)O)C(=O)Nc1ccc([N+](=O)[O-])cc1F. The Kier molecular flexibility index (Phi) is 4.48. The fourth-order valence-corrected chi connectivity index (χ4v) is 1.23. The third-order valence-electron chi connectivity index (χ3n) is 2.15. The molecule has 0 fully saturated rings. The van der Waals surface area contributed by atoms with Crippen LogP contribution in [0.25, 0.3) is 0 Å². The first-order chi connectivity index (χ1) is 8.81. The Morgan fingerprint density at radius 1 is 1.53 bits per heavy atom. The van der Waals surface area contributed by atoms with E-state index in [1.807, 2.05) is 0 Å². The van der Waals surface area contributed by atoms with Gasteiger partial charge in [0, 0.05) is 6.07 Å². The van der Waals surface area contributed by atoms with Crippen molar-refractivity contribution in [2.45, 2.75) is 12.5 Å². The van der Waals surface area contributed by atoms with Gasteiger partial charge in [0.15, 0.2) is 5.82 Å². The second-order valence-electron chi connectivity index (χ2n) is 3.61. The van der Waals surface area contributed by atoms with Crippen molar-refractivity contribution < 1.29 is 24.0 Å². The van der Waals surface area contributed by atoms with Crippen molar-refractivity contribution in [2.75, 3.05) is 5.32 Å². The topological polar surface area (TPSA) is 136 Å². The molecule has 8 nitrogen and oxygen atoms in total. The number of aliphatic carboxylic acids is 1. The van der Waals surface area contributed by atoms with E-state index in [1.54, 1.807) is 0 Å². The molecular formula is C10H10FN3O5. The molecule has 102 valence electrons. The van der Waals surface area contributed by atoms with Crippen LogP contribution in [0.5, 0.6) is 0 Å². The Bertz CT molecular complexity index is 534. The van der Waals surface area contributed by atoms with Crippen LogP contribution in [0.15, 0.2) is 18.2 Å². The van der Waals surface area contributed by atoms with Gasteiger partial charge in [0.05, 0.1) is 29.1 Å². The molecule has 0 aromatic heterocycles. The summed E-state index contributed by atoms with van der Waals surface area (Å²) < 4.78 is 13.4. The van der Waals surface area contributed by atoms with Gasteiger partial charge in [0.25, 0.3) is 5.69 Å². The smallest absolute Gasteiger partial charge is 0.305 e. The van der Waals surface area contributed by atoms with Crippen LogP contribution in [0.2, 0.25) is 0 Å². The van der Waals surface area contributed by atoms with E-state index in [2.05, 4.69) is 5.32 Å². The number of nitrogens with zero attached hydrogens (tertiary/aromatic N) is 1. The van der Waals surface area contributed by atoms with Crippen molar-refractivity contribution in [3.05, 3.63) is 34.1 Å². The van der Waals surface area contributed by atoms with E-state index < -0.39 is 40.8 Å². The number of rotatable bonds is 5. The van der Waals surface area contributed by atoms with Gasteiger partial charge in [0.1, 0.15) is 0 Å². The van der Waals surface area contributed by atoms with Gasteiger partial charge in [-0.05, 0) is 6.07 Å². The van der Waals surface area contributed by atoms with Gasteiger partial charge in [-0.2, -0.15) is 0 Å². The Morgan fingerprint density at radius 2 is 2.16 bits per heavy atom. The molecule has 0 spiro atoms. The highest BCUT2D eigenvalue weighted by molar-refractivity contribution is 5.96. The van der Waals surface area contributed by atoms with E-state index in [9.17, 15) is 24.1 Å². The summed E-state index contributed by atoms with van der Waals surface area (Å²) in [6.45, 7) is 0. The molecule has 9 heteroatoms. The molecule has 4 N–H and O–H groups in total. The van der Waals surface area contributed by atoms with Crippen LogP contribution in [0.4, 0.5) is 15.8 Å². The van der Waals surface area contributed by atoms with Crippen LogP contribution in [0.3, 0.4) is 0 Å². The molecule has 0 aliphatic rings. The third kappa shape index (κ3) is 4.00. The lowest BCUT2D eigenvalue weighted by molar-refractivity contribution is -0.385. The first-order valence-corrected chi connectivity index (χ1v) is 5.03. The molecule has 1 aromatic rings. The van der Waals surface area contributed by atoms with Crippen LogP contribution in [0.1, 0.15) is 6.42 Å². The fourth-order valence-electron chi connectivity index (χ4n) is 1.23. The van der Waals surface area contributed by atoms with Crippen molar-refractivity contribution in [2.24, 2.45) is 5.73 Å². The summed E-state index contributed by atoms with van der Waals surface area (Å²) in [4.78, 5) is 31.4. The standard InChI is InChI=1S/C10H10FN3O5/c11-6-3-5(14(18)19)1-2-8(6)13-10(17)7(12)4-9(15)16/h1-3,7H,4,12H2,(H,13,17)(H,15,16). The quantitative estimate of drug-likeness (QED) is 0.526. The maximum Gasteiger partial charge on any atom is 0.305 e. The molecule has 0 bridgehead atoms. The Hall–Kier alpha value is -2.55. The number of anilines is 1. The van der Waals surface area contributed by atoms with Gasteiger partial charge in [-0.3, -0.25) is 19.7 Å². The van der Waals surface area contributed by atoms with Gasteiger partial charge < -0.3 is 16.2 Å². The molecule has 0 heterocycles. The van der Waals surface area contributed by atoms with Gasteiger partial charge in [-0.1, -0.05) is 0 Å². The average molecular weight is 271 g/mol. The molecule has 19 heavy (non-hydrogen) atoms. The Labute approximate surface area is 106 Å². The van der Waals surface area contributed by atoms with Crippen LogP contribution in [-0.2, 0) is 9.59 Å². The largest absolute Gasteiger partial charge is 0.481 e. The number of hydrogen-bond acceptors (Lipinski definition) is 5. The molecule has 1 rings (SSSR count). The lowest BCUT2D eigenvalue weighted by Gasteiger charge is -2.10. The van der Waals surface area contributed by atoms with Crippen molar-refractivity contribution >= 4 is 23.3 Å². The second-order valence-corrected chi connectivity index (χ2v) is 3.61. The summed E-state index contributed by atoms with van der Waals surface area (Å²) in [6.07, 6.45) is -0.611. The van der Waals surface area contributed by atoms with Crippen molar-refractivity contribution in [3.8, 4) is 0 Å². The van der Waals surface area contributed by atoms with Crippen molar-refractivity contribution in [3.63, 3.8) is 0 Å². The molecule has 0 radical (unpaired) electrons. The molecule has 0 saturated carbocycles. The number of hydrogen-bond donors (Lipinski definition) is 3. The molecule has 1 atom stereocenters. The predicted octanol–water partition coefficient (Wildman–Crippen LogP) is 0.474. The molecule has 1 unspecified atom stereocenters. The number of carboxylic acid groups (broad SMARTS) is 1. The van der Waals surface area contributed by atoms with Crippen LogP contribution in [-0.4, -0.2) is 27.9 Å². The summed E-state index contributed by atoms with van der Waals surface area (Å²) in [5, 5.41) is 20.9. The summed E-state index contributed by atoms with van der Waals surface area (Å²) in [5.41, 5.74) is 4.49. The highest BCUT2D eigenvalue weighted by Crippen LogP contribution is 2.20. The normalized spacial score (nSPS) is 11.7. The maximum atomic E-state index is 13.4. The van der Waals surface area contributed by atoms with Gasteiger partial charge in [-0.15, -0.1) is 0 Å². The van der Waals surface area contributed by atoms with Crippen LogP contribution >= 0.6 is 0 Å². The summed E-state index contributed by atoms with van der Waals surface area (Å²) in [5.74, 6) is -3.17. The molecule has 0 saturated heterocycles. The Balaban J connectivity index is 2.80. The number of nitro groups is 1. The number of carbonyl (C=O) groups excluding carboxylic acids is 1. The van der Waals surface area contributed by atoms with Crippen LogP contribution < -0.4 is 11.1 Å².